The van der Waals surface area contributed by atoms with Gasteiger partial charge in [-0.15, -0.1) is 10.2 Å². The van der Waals surface area contributed by atoms with E-state index in [-0.39, 0.29) is 23.4 Å². The zero-order valence-corrected chi connectivity index (χ0v) is 15.7. The molecule has 1 aliphatic rings. The molecular weight excluding hydrogens is 368 g/mol. The van der Waals surface area contributed by atoms with Crippen LogP contribution in [0.3, 0.4) is 0 Å². The maximum absolute atomic E-state index is 12.2. The van der Waals surface area contributed by atoms with Gasteiger partial charge >= 0.3 is 0 Å². The van der Waals surface area contributed by atoms with E-state index in [9.17, 15) is 9.59 Å². The molecule has 134 valence electrons. The topological polar surface area (TPSA) is 95.7 Å². The van der Waals surface area contributed by atoms with Crippen LogP contribution in [0.15, 0.2) is 28.6 Å². The average Bonchev–Trinajstić information content (AvgIpc) is 3.14. The number of benzene rings is 1. The quantitative estimate of drug-likeness (QED) is 0.459. The van der Waals surface area contributed by atoms with Crippen molar-refractivity contribution in [1.29, 1.82) is 5.26 Å². The molecule has 0 saturated heterocycles. The molecule has 1 fully saturated rings. The number of aromatic nitrogens is 2. The van der Waals surface area contributed by atoms with Gasteiger partial charge in [-0.05, 0) is 25.0 Å². The molecule has 1 N–H and O–H groups in total. The smallest absolute Gasteiger partial charge is 0.229 e. The Hall–Kier alpha value is -2.24. The number of thioether (sulfide) groups is 1. The highest BCUT2D eigenvalue weighted by molar-refractivity contribution is 8.01. The molecule has 1 saturated carbocycles. The molecule has 0 spiro atoms. The van der Waals surface area contributed by atoms with Crippen molar-refractivity contribution in [1.82, 2.24) is 10.2 Å². The maximum atomic E-state index is 12.2. The van der Waals surface area contributed by atoms with Crippen molar-refractivity contribution >= 4 is 39.9 Å². The zero-order chi connectivity index (χ0) is 18.4. The van der Waals surface area contributed by atoms with Gasteiger partial charge in [0.05, 0.1) is 17.4 Å². The summed E-state index contributed by atoms with van der Waals surface area (Å²) in [6.45, 7) is 0. The lowest BCUT2D eigenvalue weighted by Gasteiger charge is -2.19. The van der Waals surface area contributed by atoms with Gasteiger partial charge in [-0.1, -0.05) is 54.5 Å². The number of ketones is 1. The fourth-order valence-corrected chi connectivity index (χ4v) is 4.51. The monoisotopic (exact) mass is 386 g/mol. The van der Waals surface area contributed by atoms with Crippen LogP contribution < -0.4 is 5.32 Å². The van der Waals surface area contributed by atoms with E-state index in [2.05, 4.69) is 15.5 Å². The SMILES string of the molecule is N#Cc1cccc(C(=O)CSc2nnc(NC(=O)C3CCCCC3)s2)c1. The van der Waals surface area contributed by atoms with Gasteiger partial charge in [0.15, 0.2) is 10.1 Å². The lowest BCUT2D eigenvalue weighted by Crippen LogP contribution is -2.24. The third-order valence-electron chi connectivity index (χ3n) is 4.25. The van der Waals surface area contributed by atoms with Crippen LogP contribution in [-0.4, -0.2) is 27.6 Å². The summed E-state index contributed by atoms with van der Waals surface area (Å²) in [5, 5.41) is 20.2. The van der Waals surface area contributed by atoms with Crippen molar-refractivity contribution < 1.29 is 9.59 Å². The summed E-state index contributed by atoms with van der Waals surface area (Å²) in [6.07, 6.45) is 5.27. The molecular formula is C18H18N4O2S2. The van der Waals surface area contributed by atoms with Gasteiger partial charge in [-0.2, -0.15) is 5.26 Å². The van der Waals surface area contributed by atoms with Crippen LogP contribution >= 0.6 is 23.1 Å². The first kappa shape index (κ1) is 18.5. The Balaban J connectivity index is 1.52. The Morgan fingerprint density at radius 3 is 2.85 bits per heavy atom. The standard InChI is InChI=1S/C18H18N4O2S2/c19-10-12-5-4-8-14(9-12)15(23)11-25-18-22-21-17(26-18)20-16(24)13-6-2-1-3-7-13/h4-5,8-9,13H,1-3,6-7,11H2,(H,20,21,24). The minimum absolute atomic E-state index is 0.0156. The second-order valence-electron chi connectivity index (χ2n) is 6.10. The Morgan fingerprint density at radius 1 is 1.27 bits per heavy atom. The normalized spacial score (nSPS) is 14.6. The van der Waals surface area contributed by atoms with E-state index in [1.165, 1.54) is 29.5 Å². The third-order valence-corrected chi connectivity index (χ3v) is 6.22. The summed E-state index contributed by atoms with van der Waals surface area (Å²) in [4.78, 5) is 24.5. The molecule has 1 aromatic carbocycles. The molecule has 0 aliphatic heterocycles. The molecule has 1 aliphatic carbocycles. The predicted molar refractivity (Wildman–Crippen MR) is 101 cm³/mol. The van der Waals surface area contributed by atoms with E-state index in [4.69, 9.17) is 5.26 Å². The van der Waals surface area contributed by atoms with Gasteiger partial charge in [-0.25, -0.2) is 0 Å². The van der Waals surface area contributed by atoms with Gasteiger partial charge in [0.1, 0.15) is 0 Å². The third kappa shape index (κ3) is 4.90. The van der Waals surface area contributed by atoms with E-state index >= 15 is 0 Å². The van der Waals surface area contributed by atoms with Gasteiger partial charge in [0, 0.05) is 11.5 Å². The number of anilines is 1. The zero-order valence-electron chi connectivity index (χ0n) is 14.1. The summed E-state index contributed by atoms with van der Waals surface area (Å²) >= 11 is 2.56. The second kappa shape index (κ2) is 8.92. The summed E-state index contributed by atoms with van der Waals surface area (Å²) in [5.74, 6) is 0.217. The second-order valence-corrected chi connectivity index (χ2v) is 8.30. The fraction of sp³-hybridized carbons (Fsp3) is 0.389. The number of rotatable bonds is 6. The van der Waals surface area contributed by atoms with Gasteiger partial charge in [0.25, 0.3) is 0 Å². The highest BCUT2D eigenvalue weighted by Crippen LogP contribution is 2.28. The number of Topliss-reactive ketones (excluding diaryl/α,β-unsaturated/α-hetero) is 1. The first-order valence-corrected chi connectivity index (χ1v) is 10.3. The van der Waals surface area contributed by atoms with Crippen LogP contribution in [-0.2, 0) is 4.79 Å². The molecule has 1 amide bonds. The highest BCUT2D eigenvalue weighted by atomic mass is 32.2. The number of carbonyl (C=O) groups excluding carboxylic acids is 2. The van der Waals surface area contributed by atoms with Crippen molar-refractivity contribution in [2.24, 2.45) is 5.92 Å². The molecule has 0 bridgehead atoms. The van der Waals surface area contributed by atoms with E-state index < -0.39 is 0 Å². The largest absolute Gasteiger partial charge is 0.300 e. The van der Waals surface area contributed by atoms with Gasteiger partial charge in [-0.3, -0.25) is 9.59 Å². The van der Waals surface area contributed by atoms with Crippen molar-refractivity contribution in [3.8, 4) is 6.07 Å². The van der Waals surface area contributed by atoms with Gasteiger partial charge < -0.3 is 5.32 Å². The number of hydrogen-bond acceptors (Lipinski definition) is 7. The Bertz CT molecular complexity index is 838. The fourth-order valence-electron chi connectivity index (χ4n) is 2.86. The first-order chi connectivity index (χ1) is 12.7. The molecule has 0 radical (unpaired) electrons. The molecule has 3 rings (SSSR count). The average molecular weight is 387 g/mol. The molecule has 0 unspecified atom stereocenters. The van der Waals surface area contributed by atoms with Crippen LogP contribution in [0.1, 0.15) is 48.0 Å². The molecule has 1 aromatic heterocycles. The number of nitriles is 1. The molecule has 2 aromatic rings. The number of nitrogens with zero attached hydrogens (tertiary/aromatic N) is 3. The maximum Gasteiger partial charge on any atom is 0.229 e. The number of hydrogen-bond donors (Lipinski definition) is 1. The Labute approximate surface area is 160 Å². The van der Waals surface area contributed by atoms with Crippen LogP contribution in [0, 0.1) is 17.2 Å². The summed E-state index contributed by atoms with van der Waals surface area (Å²) in [5.41, 5.74) is 0.969. The van der Waals surface area contributed by atoms with E-state index in [0.29, 0.717) is 20.6 Å². The van der Waals surface area contributed by atoms with E-state index in [1.54, 1.807) is 24.3 Å². The molecule has 0 atom stereocenters. The summed E-state index contributed by atoms with van der Waals surface area (Å²) < 4.78 is 0.633. The van der Waals surface area contributed by atoms with Crippen LogP contribution in [0.5, 0.6) is 0 Å². The van der Waals surface area contributed by atoms with Crippen molar-refractivity contribution in [2.45, 2.75) is 36.4 Å². The van der Waals surface area contributed by atoms with E-state index in [1.807, 2.05) is 6.07 Å². The van der Waals surface area contributed by atoms with Gasteiger partial charge in [0.2, 0.25) is 11.0 Å². The minimum atomic E-state index is -0.0740. The number of carbonyl (C=O) groups is 2. The summed E-state index contributed by atoms with van der Waals surface area (Å²) in [7, 11) is 0. The highest BCUT2D eigenvalue weighted by Gasteiger charge is 2.22. The molecule has 6 nitrogen and oxygen atoms in total. The van der Waals surface area contributed by atoms with Crippen molar-refractivity contribution in [3.63, 3.8) is 0 Å². The number of amides is 1. The molecule has 1 heterocycles. The van der Waals surface area contributed by atoms with Crippen LogP contribution in [0.2, 0.25) is 0 Å². The van der Waals surface area contributed by atoms with E-state index in [0.717, 1.165) is 25.7 Å². The Morgan fingerprint density at radius 2 is 2.08 bits per heavy atom. The molecule has 8 heteroatoms. The summed E-state index contributed by atoms with van der Waals surface area (Å²) in [6, 6.07) is 8.66. The van der Waals surface area contributed by atoms with Crippen LogP contribution in [0.25, 0.3) is 0 Å². The Kier molecular flexibility index (Phi) is 6.36. The van der Waals surface area contributed by atoms with Crippen LogP contribution in [0.4, 0.5) is 5.13 Å². The van der Waals surface area contributed by atoms with Crippen molar-refractivity contribution in [2.75, 3.05) is 11.1 Å². The first-order valence-electron chi connectivity index (χ1n) is 8.46. The lowest BCUT2D eigenvalue weighted by atomic mass is 9.89. The minimum Gasteiger partial charge on any atom is -0.300 e. The molecule has 26 heavy (non-hydrogen) atoms. The van der Waals surface area contributed by atoms with Crippen molar-refractivity contribution in [3.05, 3.63) is 35.4 Å². The predicted octanol–water partition coefficient (Wildman–Crippen LogP) is 3.90. The lowest BCUT2D eigenvalue weighted by molar-refractivity contribution is -0.120. The number of nitrogens with one attached hydrogen (secondary N) is 1.